The van der Waals surface area contributed by atoms with Crippen LogP contribution in [0.25, 0.3) is 0 Å². The van der Waals surface area contributed by atoms with Crippen molar-refractivity contribution in [3.05, 3.63) is 46.8 Å². The molecule has 2 atom stereocenters. The van der Waals surface area contributed by atoms with Gasteiger partial charge in [0.05, 0.1) is 28.2 Å². The van der Waals surface area contributed by atoms with Gasteiger partial charge in [-0.1, -0.05) is 12.1 Å². The van der Waals surface area contributed by atoms with Gasteiger partial charge in [-0.15, -0.1) is 0 Å². The third-order valence-corrected chi connectivity index (χ3v) is 4.97. The number of aryl methyl sites for hydroxylation is 2. The zero-order chi connectivity index (χ0) is 21.5. The van der Waals surface area contributed by atoms with Crippen molar-refractivity contribution in [3.8, 4) is 0 Å². The van der Waals surface area contributed by atoms with Crippen molar-refractivity contribution >= 4 is 29.4 Å². The van der Waals surface area contributed by atoms with Crippen LogP contribution in [0.1, 0.15) is 46.0 Å². The third kappa shape index (κ3) is 3.51. The van der Waals surface area contributed by atoms with Crippen LogP contribution in [-0.4, -0.2) is 50.5 Å². The SMILES string of the molecule is Cc1nn(C)c(C)c1NC(=O)[C@@H](C)OC(=O)[C@H](C)N1C(=O)c2ccccc2C1=O. The van der Waals surface area contributed by atoms with E-state index in [1.807, 2.05) is 0 Å². The average Bonchev–Trinajstić information content (AvgIpc) is 3.08. The van der Waals surface area contributed by atoms with E-state index in [0.717, 1.165) is 10.6 Å². The van der Waals surface area contributed by atoms with E-state index in [1.54, 1.807) is 37.7 Å². The molecule has 3 rings (SSSR count). The summed E-state index contributed by atoms with van der Waals surface area (Å²) in [5.41, 5.74) is 2.43. The monoisotopic (exact) mass is 398 g/mol. The molecule has 0 saturated carbocycles. The predicted molar refractivity (Wildman–Crippen MR) is 103 cm³/mol. The number of fused-ring (bicyclic) bond motifs is 1. The zero-order valence-corrected chi connectivity index (χ0v) is 16.8. The van der Waals surface area contributed by atoms with E-state index >= 15 is 0 Å². The number of ether oxygens (including phenoxy) is 1. The lowest BCUT2D eigenvalue weighted by Crippen LogP contribution is -2.45. The van der Waals surface area contributed by atoms with Gasteiger partial charge < -0.3 is 10.1 Å². The lowest BCUT2D eigenvalue weighted by atomic mass is 10.1. The topological polar surface area (TPSA) is 111 Å². The first-order chi connectivity index (χ1) is 13.6. The molecule has 2 aromatic rings. The minimum atomic E-state index is -1.17. The number of carbonyl (C=O) groups is 4. The molecule has 1 N–H and O–H groups in total. The normalized spacial score (nSPS) is 15.1. The summed E-state index contributed by atoms with van der Waals surface area (Å²) in [7, 11) is 1.76. The quantitative estimate of drug-likeness (QED) is 0.605. The number of rotatable bonds is 5. The van der Waals surface area contributed by atoms with Crippen LogP contribution in [0.5, 0.6) is 0 Å². The first kappa shape index (κ1) is 20.2. The molecule has 29 heavy (non-hydrogen) atoms. The molecule has 0 radical (unpaired) electrons. The number of imide groups is 1. The Hall–Kier alpha value is -3.49. The molecule has 9 heteroatoms. The summed E-state index contributed by atoms with van der Waals surface area (Å²) in [6.07, 6.45) is -1.13. The number of nitrogens with zero attached hydrogens (tertiary/aromatic N) is 3. The summed E-state index contributed by atoms with van der Waals surface area (Å²) in [4.78, 5) is 50.8. The van der Waals surface area contributed by atoms with Crippen LogP contribution in [0.2, 0.25) is 0 Å². The van der Waals surface area contributed by atoms with E-state index in [4.69, 9.17) is 4.74 Å². The highest BCUT2D eigenvalue weighted by Gasteiger charge is 2.41. The highest BCUT2D eigenvalue weighted by atomic mass is 16.5. The molecule has 1 aromatic heterocycles. The Kier molecular flexibility index (Phi) is 5.23. The van der Waals surface area contributed by atoms with Crippen LogP contribution in [0.4, 0.5) is 5.69 Å². The summed E-state index contributed by atoms with van der Waals surface area (Å²) in [5.74, 6) is -2.50. The summed E-state index contributed by atoms with van der Waals surface area (Å²) in [6, 6.07) is 5.18. The van der Waals surface area contributed by atoms with Gasteiger partial charge >= 0.3 is 5.97 Å². The lowest BCUT2D eigenvalue weighted by molar-refractivity contribution is -0.156. The molecule has 9 nitrogen and oxygen atoms in total. The van der Waals surface area contributed by atoms with E-state index in [-0.39, 0.29) is 11.1 Å². The standard InChI is InChI=1S/C20H22N4O5/c1-10-16(11(2)23(5)22-10)21-17(25)13(4)29-20(28)12(3)24-18(26)14-8-6-7-9-15(14)19(24)27/h6-9,12-13H,1-5H3,(H,21,25)/t12-,13+/m0/s1. The summed E-state index contributed by atoms with van der Waals surface area (Å²) >= 11 is 0. The Labute approximate surface area is 167 Å². The first-order valence-corrected chi connectivity index (χ1v) is 9.12. The van der Waals surface area contributed by atoms with Crippen LogP contribution in [0.15, 0.2) is 24.3 Å². The van der Waals surface area contributed by atoms with Crippen molar-refractivity contribution in [2.75, 3.05) is 5.32 Å². The summed E-state index contributed by atoms with van der Waals surface area (Å²) in [5, 5.41) is 6.91. The molecule has 0 fully saturated rings. The van der Waals surface area contributed by atoms with Gasteiger partial charge in [-0.3, -0.25) is 24.0 Å². The van der Waals surface area contributed by atoms with E-state index in [9.17, 15) is 19.2 Å². The number of hydrogen-bond donors (Lipinski definition) is 1. The average molecular weight is 398 g/mol. The number of aromatic nitrogens is 2. The van der Waals surface area contributed by atoms with Crippen LogP contribution >= 0.6 is 0 Å². The Balaban J connectivity index is 1.67. The van der Waals surface area contributed by atoms with Crippen molar-refractivity contribution in [2.24, 2.45) is 7.05 Å². The van der Waals surface area contributed by atoms with E-state index in [1.165, 1.54) is 26.0 Å². The second kappa shape index (κ2) is 7.50. The molecule has 0 bridgehead atoms. The van der Waals surface area contributed by atoms with Crippen molar-refractivity contribution in [1.82, 2.24) is 14.7 Å². The fourth-order valence-corrected chi connectivity index (χ4v) is 3.17. The number of anilines is 1. The smallest absolute Gasteiger partial charge is 0.329 e. The number of amides is 3. The van der Waals surface area contributed by atoms with Gasteiger partial charge in [0.1, 0.15) is 6.04 Å². The molecule has 0 spiro atoms. The summed E-state index contributed by atoms with van der Waals surface area (Å²) in [6.45, 7) is 6.37. The molecular formula is C20H22N4O5. The number of nitrogens with one attached hydrogen (secondary N) is 1. The van der Waals surface area contributed by atoms with E-state index < -0.39 is 35.8 Å². The third-order valence-electron chi connectivity index (χ3n) is 4.97. The van der Waals surface area contributed by atoms with Crippen molar-refractivity contribution in [2.45, 2.75) is 39.8 Å². The fourth-order valence-electron chi connectivity index (χ4n) is 3.17. The van der Waals surface area contributed by atoms with Gasteiger partial charge in [0, 0.05) is 7.05 Å². The Morgan fingerprint density at radius 3 is 2.10 bits per heavy atom. The minimum Gasteiger partial charge on any atom is -0.451 e. The molecule has 3 amide bonds. The summed E-state index contributed by atoms with van der Waals surface area (Å²) < 4.78 is 6.85. The van der Waals surface area contributed by atoms with Gasteiger partial charge in [0.15, 0.2) is 6.10 Å². The number of benzene rings is 1. The molecule has 1 aliphatic heterocycles. The molecule has 1 aliphatic rings. The maximum absolute atomic E-state index is 12.5. The van der Waals surface area contributed by atoms with Crippen molar-refractivity contribution < 1.29 is 23.9 Å². The molecule has 0 aliphatic carbocycles. The van der Waals surface area contributed by atoms with E-state index in [0.29, 0.717) is 11.4 Å². The lowest BCUT2D eigenvalue weighted by Gasteiger charge is -2.22. The van der Waals surface area contributed by atoms with Gasteiger partial charge in [-0.25, -0.2) is 4.79 Å². The predicted octanol–water partition coefficient (Wildman–Crippen LogP) is 1.59. The highest BCUT2D eigenvalue weighted by molar-refractivity contribution is 6.22. The second-order valence-corrected chi connectivity index (χ2v) is 6.94. The van der Waals surface area contributed by atoms with Crippen molar-refractivity contribution in [3.63, 3.8) is 0 Å². The van der Waals surface area contributed by atoms with Gasteiger partial charge in [-0.2, -0.15) is 5.10 Å². The molecule has 2 heterocycles. The van der Waals surface area contributed by atoms with Crippen LogP contribution in [0.3, 0.4) is 0 Å². The molecule has 152 valence electrons. The first-order valence-electron chi connectivity index (χ1n) is 9.12. The van der Waals surface area contributed by atoms with E-state index in [2.05, 4.69) is 10.4 Å². The van der Waals surface area contributed by atoms with Crippen LogP contribution in [0, 0.1) is 13.8 Å². The number of hydrogen-bond acceptors (Lipinski definition) is 6. The molecule has 1 aromatic carbocycles. The second-order valence-electron chi connectivity index (χ2n) is 6.94. The molecule has 0 saturated heterocycles. The Morgan fingerprint density at radius 2 is 1.62 bits per heavy atom. The largest absolute Gasteiger partial charge is 0.451 e. The van der Waals surface area contributed by atoms with Gasteiger partial charge in [0.25, 0.3) is 17.7 Å². The molecule has 0 unspecified atom stereocenters. The number of esters is 1. The minimum absolute atomic E-state index is 0.241. The maximum Gasteiger partial charge on any atom is 0.329 e. The Morgan fingerprint density at radius 1 is 1.07 bits per heavy atom. The highest BCUT2D eigenvalue weighted by Crippen LogP contribution is 2.25. The van der Waals surface area contributed by atoms with Gasteiger partial charge in [-0.05, 0) is 39.8 Å². The fraction of sp³-hybridized carbons (Fsp3) is 0.350. The zero-order valence-electron chi connectivity index (χ0n) is 16.8. The van der Waals surface area contributed by atoms with Crippen LogP contribution in [-0.2, 0) is 21.4 Å². The van der Waals surface area contributed by atoms with Crippen LogP contribution < -0.4 is 5.32 Å². The Bertz CT molecular complexity index is 991. The van der Waals surface area contributed by atoms with Gasteiger partial charge in [0.2, 0.25) is 0 Å². The number of carbonyl (C=O) groups excluding carboxylic acids is 4. The maximum atomic E-state index is 12.5. The van der Waals surface area contributed by atoms with Crippen molar-refractivity contribution in [1.29, 1.82) is 0 Å². The molecular weight excluding hydrogens is 376 g/mol.